The average Bonchev–Trinajstić information content (AvgIpc) is 2.34. The normalized spacial score (nSPS) is 8.11. The van der Waals surface area contributed by atoms with E-state index in [2.05, 4.69) is 34.7 Å². The Kier molecular flexibility index (Phi) is 2.22. The number of thiol groups is 1. The van der Waals surface area contributed by atoms with Gasteiger partial charge in [-0.25, -0.2) is 0 Å². The van der Waals surface area contributed by atoms with Crippen LogP contribution in [0.15, 0.2) is 12.4 Å². The SMILES string of the molecule is SCC#Cc1cn[nH]c1. The van der Waals surface area contributed by atoms with Gasteiger partial charge < -0.3 is 0 Å². The monoisotopic (exact) mass is 138 g/mol. The molecule has 0 saturated carbocycles. The first-order valence-corrected chi connectivity index (χ1v) is 3.15. The highest BCUT2D eigenvalue weighted by Crippen LogP contribution is 1.87. The van der Waals surface area contributed by atoms with E-state index in [1.165, 1.54) is 0 Å². The summed E-state index contributed by atoms with van der Waals surface area (Å²) in [7, 11) is 0. The molecule has 0 aliphatic carbocycles. The highest BCUT2D eigenvalue weighted by Gasteiger charge is 1.81. The molecule has 1 N–H and O–H groups in total. The molecule has 0 fully saturated rings. The Hall–Kier alpha value is -0.880. The summed E-state index contributed by atoms with van der Waals surface area (Å²) in [6.07, 6.45) is 3.42. The first-order valence-electron chi connectivity index (χ1n) is 2.52. The number of nitrogens with one attached hydrogen (secondary N) is 1. The van der Waals surface area contributed by atoms with E-state index >= 15 is 0 Å². The zero-order valence-electron chi connectivity index (χ0n) is 4.76. The second-order valence-corrected chi connectivity index (χ2v) is 1.76. The maximum Gasteiger partial charge on any atom is 0.0644 e. The van der Waals surface area contributed by atoms with Crippen LogP contribution in [0, 0.1) is 11.8 Å². The summed E-state index contributed by atoms with van der Waals surface area (Å²) in [5, 5.41) is 6.38. The van der Waals surface area contributed by atoms with Crippen LogP contribution in [0.3, 0.4) is 0 Å². The summed E-state index contributed by atoms with van der Waals surface area (Å²) in [5.74, 6) is 6.25. The lowest BCUT2D eigenvalue weighted by atomic mass is 10.4. The number of rotatable bonds is 0. The van der Waals surface area contributed by atoms with Crippen LogP contribution in [0.25, 0.3) is 0 Å². The summed E-state index contributed by atoms with van der Waals surface area (Å²) in [6.45, 7) is 0. The van der Waals surface area contributed by atoms with Crippen LogP contribution >= 0.6 is 12.6 Å². The van der Waals surface area contributed by atoms with Gasteiger partial charge in [0.05, 0.1) is 17.5 Å². The fraction of sp³-hybridized carbons (Fsp3) is 0.167. The molecule has 46 valence electrons. The third-order valence-electron chi connectivity index (χ3n) is 0.810. The molecule has 9 heavy (non-hydrogen) atoms. The molecule has 0 bridgehead atoms. The summed E-state index contributed by atoms with van der Waals surface area (Å²) in [4.78, 5) is 0. The van der Waals surface area contributed by atoms with Crippen LogP contribution in [0.4, 0.5) is 0 Å². The maximum absolute atomic E-state index is 3.93. The van der Waals surface area contributed by atoms with Gasteiger partial charge in [-0.3, -0.25) is 5.10 Å². The molecule has 0 amide bonds. The molecule has 1 heterocycles. The minimum atomic E-state index is 0.588. The van der Waals surface area contributed by atoms with E-state index in [4.69, 9.17) is 0 Å². The third-order valence-corrected chi connectivity index (χ3v) is 0.968. The Morgan fingerprint density at radius 2 is 2.67 bits per heavy atom. The third kappa shape index (κ3) is 1.82. The quantitative estimate of drug-likeness (QED) is 0.401. The second-order valence-electron chi connectivity index (χ2n) is 1.45. The molecular weight excluding hydrogens is 132 g/mol. The summed E-state index contributed by atoms with van der Waals surface area (Å²) >= 11 is 3.93. The Balaban J connectivity index is 2.67. The zero-order chi connectivity index (χ0) is 6.53. The van der Waals surface area contributed by atoms with Gasteiger partial charge in [-0.15, -0.1) is 0 Å². The number of aromatic nitrogens is 2. The number of aromatic amines is 1. The van der Waals surface area contributed by atoms with E-state index in [9.17, 15) is 0 Å². The minimum Gasteiger partial charge on any atom is -0.284 e. The largest absolute Gasteiger partial charge is 0.284 e. The molecule has 0 aromatic carbocycles. The maximum atomic E-state index is 3.93. The second kappa shape index (κ2) is 3.21. The Labute approximate surface area is 59.1 Å². The van der Waals surface area contributed by atoms with Crippen LogP contribution in [-0.4, -0.2) is 16.0 Å². The van der Waals surface area contributed by atoms with E-state index in [1.54, 1.807) is 12.4 Å². The van der Waals surface area contributed by atoms with Crippen LogP contribution in [0.2, 0.25) is 0 Å². The molecule has 0 spiro atoms. The molecule has 0 atom stereocenters. The number of H-pyrrole nitrogens is 1. The van der Waals surface area contributed by atoms with Gasteiger partial charge in [-0.2, -0.15) is 17.7 Å². The van der Waals surface area contributed by atoms with Crippen molar-refractivity contribution in [3.8, 4) is 11.8 Å². The van der Waals surface area contributed by atoms with Gasteiger partial charge >= 0.3 is 0 Å². The van der Waals surface area contributed by atoms with Gasteiger partial charge in [-0.1, -0.05) is 11.8 Å². The van der Waals surface area contributed by atoms with E-state index in [0.29, 0.717) is 5.75 Å². The number of hydrogen-bond acceptors (Lipinski definition) is 2. The lowest BCUT2D eigenvalue weighted by Gasteiger charge is -1.70. The Morgan fingerprint density at radius 3 is 3.22 bits per heavy atom. The molecular formula is C6H6N2S. The van der Waals surface area contributed by atoms with Crippen molar-refractivity contribution in [1.82, 2.24) is 10.2 Å². The van der Waals surface area contributed by atoms with Crippen molar-refractivity contribution in [2.24, 2.45) is 0 Å². The molecule has 0 saturated heterocycles. The summed E-state index contributed by atoms with van der Waals surface area (Å²) in [5.41, 5.74) is 0.907. The topological polar surface area (TPSA) is 28.7 Å². The van der Waals surface area contributed by atoms with E-state index < -0.39 is 0 Å². The number of hydrogen-bond donors (Lipinski definition) is 2. The smallest absolute Gasteiger partial charge is 0.0644 e. The van der Waals surface area contributed by atoms with Crippen LogP contribution in [0.1, 0.15) is 5.56 Å². The Morgan fingerprint density at radius 1 is 1.78 bits per heavy atom. The zero-order valence-corrected chi connectivity index (χ0v) is 5.65. The van der Waals surface area contributed by atoms with Crippen LogP contribution in [0.5, 0.6) is 0 Å². The van der Waals surface area contributed by atoms with E-state index in [1.807, 2.05) is 0 Å². The predicted molar refractivity (Wildman–Crippen MR) is 39.3 cm³/mol. The van der Waals surface area contributed by atoms with Gasteiger partial charge in [0.15, 0.2) is 0 Å². The number of nitrogens with zero attached hydrogens (tertiary/aromatic N) is 1. The fourth-order valence-corrected chi connectivity index (χ4v) is 0.540. The van der Waals surface area contributed by atoms with E-state index in [-0.39, 0.29) is 0 Å². The highest BCUT2D eigenvalue weighted by atomic mass is 32.1. The van der Waals surface area contributed by atoms with Crippen molar-refractivity contribution in [2.45, 2.75) is 0 Å². The Bertz CT molecular complexity index is 217. The van der Waals surface area contributed by atoms with Gasteiger partial charge in [0.1, 0.15) is 0 Å². The van der Waals surface area contributed by atoms with Crippen LogP contribution in [-0.2, 0) is 0 Å². The lowest BCUT2D eigenvalue weighted by molar-refractivity contribution is 1.09. The molecule has 1 rings (SSSR count). The molecule has 1 aromatic heterocycles. The first kappa shape index (κ1) is 6.24. The van der Waals surface area contributed by atoms with Crippen molar-refractivity contribution in [1.29, 1.82) is 0 Å². The average molecular weight is 138 g/mol. The van der Waals surface area contributed by atoms with Gasteiger partial charge in [0.25, 0.3) is 0 Å². The molecule has 0 aliphatic heterocycles. The molecule has 0 aliphatic rings. The van der Waals surface area contributed by atoms with Gasteiger partial charge in [0.2, 0.25) is 0 Å². The van der Waals surface area contributed by atoms with Crippen molar-refractivity contribution in [2.75, 3.05) is 5.75 Å². The highest BCUT2D eigenvalue weighted by molar-refractivity contribution is 7.80. The molecule has 0 unspecified atom stereocenters. The fourth-order valence-electron chi connectivity index (χ4n) is 0.461. The van der Waals surface area contributed by atoms with Crippen LogP contribution < -0.4 is 0 Å². The first-order chi connectivity index (χ1) is 4.43. The van der Waals surface area contributed by atoms with Crippen molar-refractivity contribution in [3.63, 3.8) is 0 Å². The van der Waals surface area contributed by atoms with Gasteiger partial charge in [0, 0.05) is 6.20 Å². The van der Waals surface area contributed by atoms with Crippen molar-refractivity contribution >= 4 is 12.6 Å². The molecule has 1 aromatic rings. The van der Waals surface area contributed by atoms with Gasteiger partial charge in [-0.05, 0) is 0 Å². The van der Waals surface area contributed by atoms with Crippen molar-refractivity contribution in [3.05, 3.63) is 18.0 Å². The summed E-state index contributed by atoms with van der Waals surface area (Å²) < 4.78 is 0. The lowest BCUT2D eigenvalue weighted by Crippen LogP contribution is -1.64. The predicted octanol–water partition coefficient (Wildman–Crippen LogP) is 0.691. The standard InChI is InChI=1S/C6H6N2S/c9-3-1-2-6-4-7-8-5-6/h4-5,9H,3H2,(H,7,8). The molecule has 2 nitrogen and oxygen atoms in total. The van der Waals surface area contributed by atoms with E-state index in [0.717, 1.165) is 5.56 Å². The molecule has 3 heteroatoms. The molecule has 0 radical (unpaired) electrons. The minimum absolute atomic E-state index is 0.588. The summed E-state index contributed by atoms with van der Waals surface area (Å²) in [6, 6.07) is 0. The van der Waals surface area contributed by atoms with Crippen molar-refractivity contribution < 1.29 is 0 Å².